The molecule has 0 spiro atoms. The molecule has 0 radical (unpaired) electrons. The van der Waals surface area contributed by atoms with E-state index in [2.05, 4.69) is 13.8 Å². The fourth-order valence-electron chi connectivity index (χ4n) is 3.88. The SMILES string of the molecule is CC1C(C)C2C1CC2C1CC1N. The Balaban J connectivity index is 1.66. The third-order valence-electron chi connectivity index (χ3n) is 5.09. The van der Waals surface area contributed by atoms with Crippen molar-refractivity contribution in [2.75, 3.05) is 0 Å². The number of fused-ring (bicyclic) bond motifs is 1. The van der Waals surface area contributed by atoms with Gasteiger partial charge in [-0.15, -0.1) is 0 Å². The molecule has 0 heterocycles. The molecule has 3 fully saturated rings. The minimum atomic E-state index is 0.582. The molecule has 0 aromatic rings. The summed E-state index contributed by atoms with van der Waals surface area (Å²) in [5.41, 5.74) is 5.89. The lowest BCUT2D eigenvalue weighted by Gasteiger charge is -2.62. The Bertz CT molecular complexity index is 204. The molecule has 0 aromatic heterocycles. The Labute approximate surface area is 74.7 Å². The van der Waals surface area contributed by atoms with Gasteiger partial charge in [0, 0.05) is 6.04 Å². The first-order valence-electron chi connectivity index (χ1n) is 5.45. The van der Waals surface area contributed by atoms with Crippen LogP contribution < -0.4 is 5.73 Å². The van der Waals surface area contributed by atoms with Gasteiger partial charge >= 0.3 is 0 Å². The standard InChI is InChI=1S/C11H19N/c1-5-6(2)11-7(5)3-9(11)8-4-10(8)12/h5-11H,3-4,12H2,1-2H3. The molecule has 2 N–H and O–H groups in total. The Morgan fingerprint density at radius 3 is 2.08 bits per heavy atom. The first-order valence-corrected chi connectivity index (χ1v) is 5.45. The van der Waals surface area contributed by atoms with Crippen LogP contribution in [0, 0.1) is 35.5 Å². The highest BCUT2D eigenvalue weighted by atomic mass is 14.8. The fourth-order valence-corrected chi connectivity index (χ4v) is 3.88. The van der Waals surface area contributed by atoms with Crippen molar-refractivity contribution in [2.24, 2.45) is 41.2 Å². The summed E-state index contributed by atoms with van der Waals surface area (Å²) in [5, 5.41) is 0. The van der Waals surface area contributed by atoms with Crippen LogP contribution in [0.5, 0.6) is 0 Å². The first kappa shape index (κ1) is 7.37. The van der Waals surface area contributed by atoms with Crippen LogP contribution in [0.3, 0.4) is 0 Å². The monoisotopic (exact) mass is 165 g/mol. The molecule has 1 nitrogen and oxygen atoms in total. The largest absolute Gasteiger partial charge is 0.327 e. The van der Waals surface area contributed by atoms with Crippen molar-refractivity contribution >= 4 is 0 Å². The van der Waals surface area contributed by atoms with Crippen molar-refractivity contribution in [3.05, 3.63) is 0 Å². The lowest BCUT2D eigenvalue weighted by Crippen LogP contribution is -2.57. The maximum absolute atomic E-state index is 5.89. The van der Waals surface area contributed by atoms with Gasteiger partial charge in [-0.05, 0) is 48.3 Å². The number of nitrogens with two attached hydrogens (primary N) is 1. The molecule has 68 valence electrons. The molecule has 12 heavy (non-hydrogen) atoms. The molecule has 3 aliphatic rings. The van der Waals surface area contributed by atoms with Crippen molar-refractivity contribution in [1.82, 2.24) is 0 Å². The van der Waals surface area contributed by atoms with E-state index < -0.39 is 0 Å². The van der Waals surface area contributed by atoms with Crippen LogP contribution in [0.4, 0.5) is 0 Å². The van der Waals surface area contributed by atoms with E-state index in [4.69, 9.17) is 5.73 Å². The zero-order valence-corrected chi connectivity index (χ0v) is 8.03. The molecular weight excluding hydrogens is 146 g/mol. The maximum atomic E-state index is 5.89. The fraction of sp³-hybridized carbons (Fsp3) is 1.00. The van der Waals surface area contributed by atoms with Gasteiger partial charge in [-0.3, -0.25) is 0 Å². The molecule has 7 unspecified atom stereocenters. The summed E-state index contributed by atoms with van der Waals surface area (Å²) in [6.45, 7) is 4.86. The summed E-state index contributed by atoms with van der Waals surface area (Å²) >= 11 is 0. The molecule has 3 aliphatic carbocycles. The van der Waals surface area contributed by atoms with E-state index in [-0.39, 0.29) is 0 Å². The lowest BCUT2D eigenvalue weighted by molar-refractivity contribution is -0.144. The molecule has 0 bridgehead atoms. The predicted molar refractivity (Wildman–Crippen MR) is 49.5 cm³/mol. The van der Waals surface area contributed by atoms with E-state index in [9.17, 15) is 0 Å². The van der Waals surface area contributed by atoms with E-state index in [0.29, 0.717) is 6.04 Å². The van der Waals surface area contributed by atoms with Gasteiger partial charge in [0.05, 0.1) is 0 Å². The normalized spacial score (nSPS) is 67.8. The van der Waals surface area contributed by atoms with Gasteiger partial charge in [0.2, 0.25) is 0 Å². The Morgan fingerprint density at radius 1 is 0.917 bits per heavy atom. The summed E-state index contributed by atoms with van der Waals surface area (Å²) in [6.07, 6.45) is 2.84. The van der Waals surface area contributed by atoms with Crippen LogP contribution in [0.1, 0.15) is 26.7 Å². The smallest absolute Gasteiger partial charge is 0.00738 e. The van der Waals surface area contributed by atoms with Gasteiger partial charge < -0.3 is 5.73 Å². The summed E-state index contributed by atoms with van der Waals surface area (Å²) in [6, 6.07) is 0.582. The molecule has 0 amide bonds. The Hall–Kier alpha value is -0.0400. The van der Waals surface area contributed by atoms with Crippen molar-refractivity contribution in [3.63, 3.8) is 0 Å². The average molecular weight is 165 g/mol. The Kier molecular flexibility index (Phi) is 1.27. The van der Waals surface area contributed by atoms with E-state index in [1.807, 2.05) is 0 Å². The maximum Gasteiger partial charge on any atom is 0.00738 e. The molecule has 3 rings (SSSR count). The van der Waals surface area contributed by atoms with Crippen LogP contribution in [-0.4, -0.2) is 6.04 Å². The minimum absolute atomic E-state index is 0.582. The van der Waals surface area contributed by atoms with Crippen molar-refractivity contribution in [2.45, 2.75) is 32.7 Å². The third kappa shape index (κ3) is 0.693. The van der Waals surface area contributed by atoms with Gasteiger partial charge in [0.1, 0.15) is 0 Å². The van der Waals surface area contributed by atoms with Crippen molar-refractivity contribution < 1.29 is 0 Å². The first-order chi connectivity index (χ1) is 5.70. The number of rotatable bonds is 1. The van der Waals surface area contributed by atoms with Crippen LogP contribution in [-0.2, 0) is 0 Å². The van der Waals surface area contributed by atoms with Gasteiger partial charge in [0.25, 0.3) is 0 Å². The molecule has 1 heteroatoms. The van der Waals surface area contributed by atoms with Gasteiger partial charge in [-0.1, -0.05) is 13.8 Å². The summed E-state index contributed by atoms with van der Waals surface area (Å²) in [7, 11) is 0. The molecular formula is C11H19N. The predicted octanol–water partition coefficient (Wildman–Crippen LogP) is 1.87. The van der Waals surface area contributed by atoms with E-state index in [1.54, 1.807) is 0 Å². The summed E-state index contributed by atoms with van der Waals surface area (Å²) in [4.78, 5) is 0. The molecule has 0 saturated heterocycles. The van der Waals surface area contributed by atoms with E-state index >= 15 is 0 Å². The number of hydrogen-bond donors (Lipinski definition) is 1. The molecule has 3 saturated carbocycles. The molecule has 0 aromatic carbocycles. The highest BCUT2D eigenvalue weighted by molar-refractivity contribution is 5.11. The second-order valence-electron chi connectivity index (χ2n) is 5.42. The van der Waals surface area contributed by atoms with E-state index in [1.165, 1.54) is 12.8 Å². The van der Waals surface area contributed by atoms with E-state index in [0.717, 1.165) is 35.5 Å². The van der Waals surface area contributed by atoms with Gasteiger partial charge in [-0.2, -0.15) is 0 Å². The van der Waals surface area contributed by atoms with Crippen molar-refractivity contribution in [1.29, 1.82) is 0 Å². The minimum Gasteiger partial charge on any atom is -0.327 e. The second kappa shape index (κ2) is 2.06. The zero-order chi connectivity index (χ0) is 8.46. The Morgan fingerprint density at radius 2 is 1.58 bits per heavy atom. The van der Waals surface area contributed by atoms with Crippen molar-refractivity contribution in [3.8, 4) is 0 Å². The number of hydrogen-bond acceptors (Lipinski definition) is 1. The van der Waals surface area contributed by atoms with Gasteiger partial charge in [-0.25, -0.2) is 0 Å². The summed E-state index contributed by atoms with van der Waals surface area (Å²) in [5.74, 6) is 6.16. The van der Waals surface area contributed by atoms with Crippen LogP contribution in [0.15, 0.2) is 0 Å². The van der Waals surface area contributed by atoms with Crippen LogP contribution in [0.2, 0.25) is 0 Å². The third-order valence-corrected chi connectivity index (χ3v) is 5.09. The average Bonchev–Trinajstić information content (AvgIpc) is 2.66. The van der Waals surface area contributed by atoms with Gasteiger partial charge in [0.15, 0.2) is 0 Å². The quantitative estimate of drug-likeness (QED) is 0.630. The topological polar surface area (TPSA) is 26.0 Å². The molecule has 0 aliphatic heterocycles. The second-order valence-corrected chi connectivity index (χ2v) is 5.42. The van der Waals surface area contributed by atoms with Crippen LogP contribution >= 0.6 is 0 Å². The summed E-state index contributed by atoms with van der Waals surface area (Å²) < 4.78 is 0. The lowest BCUT2D eigenvalue weighted by atomic mass is 9.42. The zero-order valence-electron chi connectivity index (χ0n) is 8.03. The molecule has 7 atom stereocenters. The van der Waals surface area contributed by atoms with Crippen LogP contribution in [0.25, 0.3) is 0 Å². The highest BCUT2D eigenvalue weighted by Gasteiger charge is 2.61. The highest BCUT2D eigenvalue weighted by Crippen LogP contribution is 2.66.